The van der Waals surface area contributed by atoms with Crippen LogP contribution < -0.4 is 0 Å². The predicted molar refractivity (Wildman–Crippen MR) is 28.0 cm³/mol. The summed E-state index contributed by atoms with van der Waals surface area (Å²) in [6, 6.07) is 3.79. The third-order valence-corrected chi connectivity index (χ3v) is 0.863. The van der Waals surface area contributed by atoms with E-state index in [9.17, 15) is 0 Å². The Morgan fingerprint density at radius 1 is 1.75 bits per heavy atom. The van der Waals surface area contributed by atoms with Crippen LogP contribution in [0.4, 0.5) is 0 Å². The normalized spacial score (nSPS) is 8.38. The van der Waals surface area contributed by atoms with E-state index < -0.39 is 0 Å². The lowest BCUT2D eigenvalue weighted by Crippen LogP contribution is -1.70. The summed E-state index contributed by atoms with van der Waals surface area (Å²) in [7, 11) is 0. The number of furan rings is 1. The summed E-state index contributed by atoms with van der Waals surface area (Å²) in [4.78, 5) is 0. The third-order valence-electron chi connectivity index (χ3n) is 0.863. The molecule has 0 radical (unpaired) electrons. The second kappa shape index (κ2) is 2.17. The zero-order chi connectivity index (χ0) is 5.82. The summed E-state index contributed by atoms with van der Waals surface area (Å²) < 4.78 is 4.72. The molecule has 0 saturated carbocycles. The van der Waals surface area contributed by atoms with Gasteiger partial charge in [0, 0.05) is 5.56 Å². The molecule has 0 aromatic carbocycles. The molecule has 40 valence electrons. The maximum Gasteiger partial charge on any atom is 0.0944 e. The van der Waals surface area contributed by atoms with Gasteiger partial charge in [0.2, 0.25) is 0 Å². The monoisotopic (exact) mass is 107 g/mol. The quantitative estimate of drug-likeness (QED) is 0.543. The van der Waals surface area contributed by atoms with Crippen LogP contribution >= 0.6 is 0 Å². The Balaban J connectivity index is 2.67. The van der Waals surface area contributed by atoms with E-state index in [-0.39, 0.29) is 0 Å². The second-order valence-electron chi connectivity index (χ2n) is 1.47. The molecular weight excluding hydrogens is 102 g/mol. The summed E-state index contributed by atoms with van der Waals surface area (Å²) in [5.41, 5.74) is 0.938. The molecule has 0 aliphatic rings. The summed E-state index contributed by atoms with van der Waals surface area (Å²) in [5.74, 6) is 0. The van der Waals surface area contributed by atoms with Crippen LogP contribution in [0.3, 0.4) is 0 Å². The second-order valence-corrected chi connectivity index (χ2v) is 1.47. The molecule has 0 N–H and O–H groups in total. The molecule has 0 bridgehead atoms. The van der Waals surface area contributed by atoms with Crippen LogP contribution in [0.2, 0.25) is 0 Å². The number of rotatable bonds is 1. The number of hydrogen-bond acceptors (Lipinski definition) is 2. The lowest BCUT2D eigenvalue weighted by atomic mass is 10.3. The van der Waals surface area contributed by atoms with Gasteiger partial charge in [-0.1, -0.05) is 0 Å². The third kappa shape index (κ3) is 0.881. The first-order valence-corrected chi connectivity index (χ1v) is 2.31. The van der Waals surface area contributed by atoms with E-state index >= 15 is 0 Å². The van der Waals surface area contributed by atoms with Crippen LogP contribution in [-0.2, 0) is 6.42 Å². The first kappa shape index (κ1) is 4.92. The van der Waals surface area contributed by atoms with Crippen LogP contribution in [0.15, 0.2) is 23.0 Å². The van der Waals surface area contributed by atoms with Gasteiger partial charge in [0.05, 0.1) is 25.0 Å². The average molecular weight is 107 g/mol. The molecule has 1 aromatic heterocycles. The molecule has 0 aliphatic carbocycles. The van der Waals surface area contributed by atoms with Crippen LogP contribution in [0.25, 0.3) is 0 Å². The van der Waals surface area contributed by atoms with E-state index in [2.05, 4.69) is 0 Å². The van der Waals surface area contributed by atoms with Gasteiger partial charge < -0.3 is 4.42 Å². The molecule has 0 saturated heterocycles. The molecule has 8 heavy (non-hydrogen) atoms. The predicted octanol–water partition coefficient (Wildman–Crippen LogP) is 1.35. The SMILES string of the molecule is N#CCc1ccoc1. The fourth-order valence-corrected chi connectivity index (χ4v) is 0.485. The van der Waals surface area contributed by atoms with Gasteiger partial charge in [0.1, 0.15) is 0 Å². The lowest BCUT2D eigenvalue weighted by molar-refractivity contribution is 0.565. The molecule has 0 unspecified atom stereocenters. The molecule has 0 aliphatic heterocycles. The van der Waals surface area contributed by atoms with Gasteiger partial charge in [-0.2, -0.15) is 5.26 Å². The van der Waals surface area contributed by atoms with Gasteiger partial charge in [0.25, 0.3) is 0 Å². The average Bonchev–Trinajstić information content (AvgIpc) is 2.19. The Hall–Kier alpha value is -1.23. The summed E-state index contributed by atoms with van der Waals surface area (Å²) in [5, 5.41) is 8.15. The highest BCUT2D eigenvalue weighted by Gasteiger charge is 1.88. The number of nitriles is 1. The maximum atomic E-state index is 8.15. The van der Waals surface area contributed by atoms with Crippen LogP contribution in [0.5, 0.6) is 0 Å². The Bertz CT molecular complexity index is 183. The van der Waals surface area contributed by atoms with E-state index in [0.29, 0.717) is 6.42 Å². The van der Waals surface area contributed by atoms with Gasteiger partial charge in [-0.25, -0.2) is 0 Å². The molecule has 0 atom stereocenters. The molecule has 0 spiro atoms. The zero-order valence-corrected chi connectivity index (χ0v) is 4.29. The Morgan fingerprint density at radius 2 is 2.62 bits per heavy atom. The van der Waals surface area contributed by atoms with E-state index in [4.69, 9.17) is 9.68 Å². The van der Waals surface area contributed by atoms with Crippen LogP contribution in [-0.4, -0.2) is 0 Å². The van der Waals surface area contributed by atoms with Gasteiger partial charge in [0.15, 0.2) is 0 Å². The van der Waals surface area contributed by atoms with Gasteiger partial charge in [-0.15, -0.1) is 0 Å². The minimum absolute atomic E-state index is 0.441. The van der Waals surface area contributed by atoms with E-state index in [1.807, 2.05) is 6.07 Å². The molecular formula is C6H5NO. The van der Waals surface area contributed by atoms with Crippen LogP contribution in [0.1, 0.15) is 5.56 Å². The minimum atomic E-state index is 0.441. The Labute approximate surface area is 47.3 Å². The maximum absolute atomic E-state index is 8.15. The number of nitrogens with zero attached hydrogens (tertiary/aromatic N) is 1. The Morgan fingerprint density at radius 3 is 3.12 bits per heavy atom. The summed E-state index contributed by atoms with van der Waals surface area (Å²) in [6.07, 6.45) is 3.58. The molecule has 0 fully saturated rings. The van der Waals surface area contributed by atoms with Crippen molar-refractivity contribution < 1.29 is 4.42 Å². The van der Waals surface area contributed by atoms with Crippen molar-refractivity contribution in [3.05, 3.63) is 24.2 Å². The van der Waals surface area contributed by atoms with Crippen molar-refractivity contribution in [3.8, 4) is 6.07 Å². The molecule has 1 heterocycles. The minimum Gasteiger partial charge on any atom is -0.472 e. The molecule has 1 rings (SSSR count). The van der Waals surface area contributed by atoms with Gasteiger partial charge in [-0.05, 0) is 6.07 Å². The van der Waals surface area contributed by atoms with E-state index in [0.717, 1.165) is 5.56 Å². The summed E-state index contributed by atoms with van der Waals surface area (Å²) in [6.45, 7) is 0. The largest absolute Gasteiger partial charge is 0.472 e. The first-order chi connectivity index (χ1) is 3.93. The van der Waals surface area contributed by atoms with Crippen molar-refractivity contribution in [1.29, 1.82) is 5.26 Å². The van der Waals surface area contributed by atoms with E-state index in [1.165, 1.54) is 0 Å². The van der Waals surface area contributed by atoms with Crippen molar-refractivity contribution in [2.24, 2.45) is 0 Å². The van der Waals surface area contributed by atoms with Crippen LogP contribution in [0, 0.1) is 11.3 Å². The highest BCUT2D eigenvalue weighted by Crippen LogP contribution is 1.98. The standard InChI is InChI=1S/C6H5NO/c7-3-1-6-2-4-8-5-6/h2,4-5H,1H2. The summed E-state index contributed by atoms with van der Waals surface area (Å²) >= 11 is 0. The van der Waals surface area contributed by atoms with Crippen molar-refractivity contribution in [2.45, 2.75) is 6.42 Å². The Kier molecular flexibility index (Phi) is 1.34. The molecule has 1 aromatic rings. The smallest absolute Gasteiger partial charge is 0.0944 e. The molecule has 0 amide bonds. The van der Waals surface area contributed by atoms with Gasteiger partial charge in [-0.3, -0.25) is 0 Å². The van der Waals surface area contributed by atoms with Crippen molar-refractivity contribution in [3.63, 3.8) is 0 Å². The topological polar surface area (TPSA) is 36.9 Å². The fraction of sp³-hybridized carbons (Fsp3) is 0.167. The zero-order valence-electron chi connectivity index (χ0n) is 4.29. The lowest BCUT2D eigenvalue weighted by Gasteiger charge is -1.74. The van der Waals surface area contributed by atoms with Crippen molar-refractivity contribution >= 4 is 0 Å². The van der Waals surface area contributed by atoms with Crippen molar-refractivity contribution in [1.82, 2.24) is 0 Å². The highest BCUT2D eigenvalue weighted by atomic mass is 16.3. The molecule has 2 nitrogen and oxygen atoms in total. The highest BCUT2D eigenvalue weighted by molar-refractivity contribution is 5.09. The van der Waals surface area contributed by atoms with Gasteiger partial charge >= 0.3 is 0 Å². The van der Waals surface area contributed by atoms with Crippen molar-refractivity contribution in [2.75, 3.05) is 0 Å². The fourth-order valence-electron chi connectivity index (χ4n) is 0.485. The first-order valence-electron chi connectivity index (χ1n) is 2.31. The number of hydrogen-bond donors (Lipinski definition) is 0. The van der Waals surface area contributed by atoms with E-state index in [1.54, 1.807) is 18.6 Å². The molecule has 2 heteroatoms.